The number of rotatable bonds is 5. The van der Waals surface area contributed by atoms with Crippen LogP contribution in [0, 0.1) is 0 Å². The maximum Gasteiger partial charge on any atom is 0.328 e. The summed E-state index contributed by atoms with van der Waals surface area (Å²) >= 11 is 0. The third-order valence-corrected chi connectivity index (χ3v) is 3.32. The highest BCUT2D eigenvalue weighted by Crippen LogP contribution is 2.29. The molecule has 1 heterocycles. The summed E-state index contributed by atoms with van der Waals surface area (Å²) in [6, 6.07) is 6.30. The summed E-state index contributed by atoms with van der Waals surface area (Å²) in [6.07, 6.45) is 12.0. The van der Waals surface area contributed by atoms with E-state index in [0.717, 1.165) is 23.0 Å². The maximum absolute atomic E-state index is 10.3. The zero-order valence-corrected chi connectivity index (χ0v) is 12.8. The number of aliphatic carboxylic acids is 1. The lowest BCUT2D eigenvalue weighted by Crippen LogP contribution is -2.06. The quantitative estimate of drug-likeness (QED) is 0.649. The minimum atomic E-state index is -0.949. The van der Waals surface area contributed by atoms with Gasteiger partial charge >= 0.3 is 5.97 Å². The first kappa shape index (κ1) is 15.8. The molecular formula is C19H20O3. The number of hydrogen-bond donors (Lipinski definition) is 1. The zero-order valence-electron chi connectivity index (χ0n) is 12.8. The van der Waals surface area contributed by atoms with Gasteiger partial charge in [-0.15, -0.1) is 0 Å². The molecule has 2 rings (SSSR count). The molecule has 1 aliphatic rings. The van der Waals surface area contributed by atoms with E-state index in [4.69, 9.17) is 9.84 Å². The van der Waals surface area contributed by atoms with Crippen molar-refractivity contribution < 1.29 is 14.6 Å². The normalized spacial score (nSPS) is 14.6. The highest BCUT2D eigenvalue weighted by Gasteiger charge is 2.11. The first-order valence-electron chi connectivity index (χ1n) is 7.28. The molecule has 0 amide bonds. The van der Waals surface area contributed by atoms with E-state index in [0.29, 0.717) is 12.5 Å². The number of ether oxygens (including phenoxy) is 1. The third kappa shape index (κ3) is 4.48. The Hall–Kier alpha value is -2.55. The Labute approximate surface area is 130 Å². The van der Waals surface area contributed by atoms with Gasteiger partial charge in [0.05, 0.1) is 0 Å². The number of carboxylic acids is 1. The van der Waals surface area contributed by atoms with Crippen LogP contribution < -0.4 is 4.74 Å². The molecule has 0 fully saturated rings. The first-order chi connectivity index (χ1) is 10.6. The topological polar surface area (TPSA) is 46.5 Å². The monoisotopic (exact) mass is 296 g/mol. The average Bonchev–Trinajstić information content (AvgIpc) is 2.49. The van der Waals surface area contributed by atoms with Crippen LogP contribution in [0.2, 0.25) is 0 Å². The van der Waals surface area contributed by atoms with E-state index in [2.05, 4.69) is 32.1 Å². The molecule has 3 nitrogen and oxygen atoms in total. The van der Waals surface area contributed by atoms with Crippen LogP contribution in [0.1, 0.15) is 30.9 Å². The van der Waals surface area contributed by atoms with Crippen LogP contribution in [0.4, 0.5) is 0 Å². The summed E-state index contributed by atoms with van der Waals surface area (Å²) in [5, 5.41) is 8.46. The molecule has 1 aromatic carbocycles. The second kappa shape index (κ2) is 7.46. The molecule has 0 saturated heterocycles. The van der Waals surface area contributed by atoms with Crippen molar-refractivity contribution in [2.45, 2.75) is 19.8 Å². The lowest BCUT2D eigenvalue weighted by molar-refractivity contribution is -0.131. The van der Waals surface area contributed by atoms with E-state index >= 15 is 0 Å². The summed E-state index contributed by atoms with van der Waals surface area (Å²) < 4.78 is 5.75. The van der Waals surface area contributed by atoms with Crippen molar-refractivity contribution in [3.05, 3.63) is 71.4 Å². The predicted octanol–water partition coefficient (Wildman–Crippen LogP) is 4.34. The Morgan fingerprint density at radius 2 is 2.00 bits per heavy atom. The largest absolute Gasteiger partial charge is 0.488 e. The molecule has 22 heavy (non-hydrogen) atoms. The molecule has 1 aromatic rings. The zero-order chi connectivity index (χ0) is 15.9. The van der Waals surface area contributed by atoms with Gasteiger partial charge in [0.15, 0.2) is 0 Å². The fourth-order valence-corrected chi connectivity index (χ4v) is 2.11. The molecule has 0 aromatic heterocycles. The van der Waals surface area contributed by atoms with Gasteiger partial charge in [-0.3, -0.25) is 0 Å². The SMILES string of the molecule is CC(C)c1ccc2c(c1)C=C(C=CC=CC=CC(=O)O)CO2. The van der Waals surface area contributed by atoms with Crippen molar-refractivity contribution in [1.29, 1.82) is 0 Å². The van der Waals surface area contributed by atoms with Crippen molar-refractivity contribution in [2.24, 2.45) is 0 Å². The van der Waals surface area contributed by atoms with Gasteiger partial charge < -0.3 is 9.84 Å². The molecule has 0 spiro atoms. The molecule has 0 bridgehead atoms. The molecule has 0 aliphatic carbocycles. The van der Waals surface area contributed by atoms with Gasteiger partial charge in [-0.25, -0.2) is 4.79 Å². The Bertz CT molecular complexity index is 661. The van der Waals surface area contributed by atoms with E-state index in [9.17, 15) is 4.79 Å². The number of carboxylic acid groups (broad SMARTS) is 1. The second-order valence-corrected chi connectivity index (χ2v) is 5.40. The van der Waals surface area contributed by atoms with Gasteiger partial charge in [-0.2, -0.15) is 0 Å². The minimum Gasteiger partial charge on any atom is -0.488 e. The van der Waals surface area contributed by atoms with E-state index in [1.807, 2.05) is 18.2 Å². The minimum absolute atomic E-state index is 0.489. The van der Waals surface area contributed by atoms with Crippen molar-refractivity contribution in [3.8, 4) is 5.75 Å². The standard InChI is InChI=1S/C19H20O3/c1-14(2)16-9-10-18-17(12-16)11-15(13-22-18)7-5-3-4-6-8-19(20)21/h3-12,14H,13H2,1-2H3,(H,20,21). The highest BCUT2D eigenvalue weighted by atomic mass is 16.5. The fraction of sp³-hybridized carbons (Fsp3) is 0.211. The van der Waals surface area contributed by atoms with Crippen LogP contribution in [0.5, 0.6) is 5.75 Å². The Balaban J connectivity index is 2.07. The molecule has 0 radical (unpaired) electrons. The molecule has 114 valence electrons. The highest BCUT2D eigenvalue weighted by molar-refractivity contribution is 5.80. The Morgan fingerprint density at radius 3 is 2.73 bits per heavy atom. The van der Waals surface area contributed by atoms with Crippen molar-refractivity contribution in [1.82, 2.24) is 0 Å². The number of carbonyl (C=O) groups is 1. The molecular weight excluding hydrogens is 276 g/mol. The fourth-order valence-electron chi connectivity index (χ4n) is 2.11. The first-order valence-corrected chi connectivity index (χ1v) is 7.28. The summed E-state index contributed by atoms with van der Waals surface area (Å²) in [7, 11) is 0. The third-order valence-electron chi connectivity index (χ3n) is 3.32. The maximum atomic E-state index is 10.3. The van der Waals surface area contributed by atoms with E-state index < -0.39 is 5.97 Å². The van der Waals surface area contributed by atoms with Crippen molar-refractivity contribution in [3.63, 3.8) is 0 Å². The van der Waals surface area contributed by atoms with Gasteiger partial charge in [0, 0.05) is 11.6 Å². The lowest BCUT2D eigenvalue weighted by Gasteiger charge is -2.18. The second-order valence-electron chi connectivity index (χ2n) is 5.40. The molecule has 0 atom stereocenters. The predicted molar refractivity (Wildman–Crippen MR) is 89.1 cm³/mol. The van der Waals surface area contributed by atoms with Gasteiger partial charge in [0.2, 0.25) is 0 Å². The van der Waals surface area contributed by atoms with Gasteiger partial charge in [0.1, 0.15) is 12.4 Å². The Kier molecular flexibility index (Phi) is 5.37. The number of benzene rings is 1. The summed E-state index contributed by atoms with van der Waals surface area (Å²) in [6.45, 7) is 4.89. The molecule has 1 aliphatic heterocycles. The van der Waals surface area contributed by atoms with Crippen LogP contribution in [0.15, 0.2) is 60.2 Å². The smallest absolute Gasteiger partial charge is 0.328 e. The van der Waals surface area contributed by atoms with Crippen molar-refractivity contribution >= 4 is 12.0 Å². The molecule has 0 saturated carbocycles. The molecule has 3 heteroatoms. The van der Waals surface area contributed by atoms with E-state index in [-0.39, 0.29) is 0 Å². The van der Waals surface area contributed by atoms with Gasteiger partial charge in [0.25, 0.3) is 0 Å². The van der Waals surface area contributed by atoms with Crippen molar-refractivity contribution in [2.75, 3.05) is 6.61 Å². The number of hydrogen-bond acceptors (Lipinski definition) is 2. The lowest BCUT2D eigenvalue weighted by atomic mass is 9.98. The summed E-state index contributed by atoms with van der Waals surface area (Å²) in [5.41, 5.74) is 3.48. The van der Waals surface area contributed by atoms with Crippen LogP contribution in [-0.2, 0) is 4.79 Å². The molecule has 0 unspecified atom stereocenters. The van der Waals surface area contributed by atoms with Crippen LogP contribution in [-0.4, -0.2) is 17.7 Å². The van der Waals surface area contributed by atoms with Crippen LogP contribution in [0.3, 0.4) is 0 Å². The summed E-state index contributed by atoms with van der Waals surface area (Å²) in [4.78, 5) is 10.3. The van der Waals surface area contributed by atoms with Crippen LogP contribution >= 0.6 is 0 Å². The summed E-state index contributed by atoms with van der Waals surface area (Å²) in [5.74, 6) is 0.458. The molecule has 1 N–H and O–H groups in total. The number of allylic oxidation sites excluding steroid dienone is 4. The number of fused-ring (bicyclic) bond motifs is 1. The van der Waals surface area contributed by atoms with E-state index in [1.54, 1.807) is 12.2 Å². The van der Waals surface area contributed by atoms with Gasteiger partial charge in [-0.05, 0) is 35.3 Å². The average molecular weight is 296 g/mol. The van der Waals surface area contributed by atoms with E-state index in [1.165, 1.54) is 11.6 Å². The Morgan fingerprint density at radius 1 is 1.23 bits per heavy atom. The van der Waals surface area contributed by atoms with Crippen LogP contribution in [0.25, 0.3) is 6.08 Å². The van der Waals surface area contributed by atoms with Gasteiger partial charge in [-0.1, -0.05) is 50.3 Å².